The molecule has 0 unspecified atom stereocenters. The van der Waals surface area contributed by atoms with E-state index in [1.807, 2.05) is 37.3 Å². The summed E-state index contributed by atoms with van der Waals surface area (Å²) in [6.45, 7) is 11.7. The predicted octanol–water partition coefficient (Wildman–Crippen LogP) is 9.26. The molecule has 8 nitrogen and oxygen atoms in total. The number of ether oxygens (including phenoxy) is 2. The SMILES string of the molecule is CCOc1cc(C2C3=C(CC(C)(C)CC3=O)N(CCc3ccccc3)C3=C2C(=O)CC(C)(C)C3)cc(Br)c1OCc1ccc([N+](=O)[O-])cc1. The Hall–Kier alpha value is -4.24. The molecule has 0 aromatic heterocycles. The number of nitro benzene ring substituents is 1. The maximum Gasteiger partial charge on any atom is 0.269 e. The average Bonchev–Trinajstić information content (AvgIpc) is 3.02. The minimum atomic E-state index is -0.524. The summed E-state index contributed by atoms with van der Waals surface area (Å²) < 4.78 is 13.0. The molecule has 2 aliphatic carbocycles. The number of non-ortho nitro benzene ring substituents is 1. The van der Waals surface area contributed by atoms with Gasteiger partial charge in [-0.2, -0.15) is 0 Å². The lowest BCUT2D eigenvalue weighted by Crippen LogP contribution is -2.45. The summed E-state index contributed by atoms with van der Waals surface area (Å²) in [5.74, 6) is 0.622. The number of benzene rings is 3. The average molecular weight is 728 g/mol. The fourth-order valence-corrected chi connectivity index (χ4v) is 8.14. The molecule has 6 rings (SSSR count). The first kappa shape index (κ1) is 34.6. The highest BCUT2D eigenvalue weighted by molar-refractivity contribution is 9.10. The Balaban J connectivity index is 1.45. The molecule has 3 aliphatic rings. The van der Waals surface area contributed by atoms with Crippen LogP contribution in [-0.2, 0) is 22.6 Å². The second-order valence-corrected chi connectivity index (χ2v) is 15.8. The van der Waals surface area contributed by atoms with Gasteiger partial charge in [0.25, 0.3) is 5.69 Å². The molecule has 1 heterocycles. The molecular weight excluding hydrogens is 684 g/mol. The number of hydrogen-bond donors (Lipinski definition) is 0. The topological polar surface area (TPSA) is 99.0 Å². The van der Waals surface area contributed by atoms with Gasteiger partial charge in [0, 0.05) is 60.0 Å². The van der Waals surface area contributed by atoms with Crippen molar-refractivity contribution < 1.29 is 24.0 Å². The number of Topliss-reactive ketones (excluding diaryl/α,β-unsaturated/α-hetero) is 2. The van der Waals surface area contributed by atoms with Crippen molar-refractivity contribution in [3.63, 3.8) is 0 Å². The number of halogens is 1. The van der Waals surface area contributed by atoms with E-state index in [9.17, 15) is 19.7 Å². The Bertz CT molecular complexity index is 1810. The molecule has 0 saturated heterocycles. The number of ketones is 2. The van der Waals surface area contributed by atoms with Gasteiger partial charge in [-0.05, 0) is 93.9 Å². The van der Waals surface area contributed by atoms with E-state index in [1.165, 1.54) is 17.7 Å². The number of nitrogens with zero attached hydrogens (tertiary/aromatic N) is 2. The number of carbonyl (C=O) groups is 2. The molecule has 0 amide bonds. The highest BCUT2D eigenvalue weighted by atomic mass is 79.9. The van der Waals surface area contributed by atoms with Crippen molar-refractivity contribution in [2.24, 2.45) is 10.8 Å². The van der Waals surface area contributed by atoms with Crippen LogP contribution in [-0.4, -0.2) is 34.5 Å². The van der Waals surface area contributed by atoms with E-state index in [4.69, 9.17) is 9.47 Å². The maximum atomic E-state index is 14.3. The van der Waals surface area contributed by atoms with Crippen LogP contribution in [0.5, 0.6) is 11.5 Å². The summed E-state index contributed by atoms with van der Waals surface area (Å²) in [4.78, 5) is 41.6. The molecule has 0 fully saturated rings. The molecule has 0 spiro atoms. The van der Waals surface area contributed by atoms with E-state index in [0.29, 0.717) is 53.1 Å². The van der Waals surface area contributed by atoms with Crippen molar-refractivity contribution in [3.05, 3.63) is 121 Å². The Labute approximate surface area is 296 Å². The predicted molar refractivity (Wildman–Crippen MR) is 192 cm³/mol. The van der Waals surface area contributed by atoms with Crippen molar-refractivity contribution >= 4 is 33.2 Å². The summed E-state index contributed by atoms with van der Waals surface area (Å²) >= 11 is 3.74. The van der Waals surface area contributed by atoms with Crippen molar-refractivity contribution in [2.45, 2.75) is 79.2 Å². The largest absolute Gasteiger partial charge is 0.490 e. The quantitative estimate of drug-likeness (QED) is 0.152. The summed E-state index contributed by atoms with van der Waals surface area (Å²) in [5.41, 5.74) is 5.85. The number of rotatable bonds is 10. The van der Waals surface area contributed by atoms with Gasteiger partial charge in [-0.3, -0.25) is 19.7 Å². The molecule has 3 aromatic rings. The Kier molecular flexibility index (Phi) is 9.59. The number of hydrogen-bond acceptors (Lipinski definition) is 7. The van der Waals surface area contributed by atoms with Crippen LogP contribution < -0.4 is 9.47 Å². The van der Waals surface area contributed by atoms with Gasteiger partial charge in [0.1, 0.15) is 6.61 Å². The first-order valence-electron chi connectivity index (χ1n) is 16.9. The Morgan fingerprint density at radius 1 is 0.837 bits per heavy atom. The molecule has 0 bridgehead atoms. The highest BCUT2D eigenvalue weighted by Gasteiger charge is 2.49. The van der Waals surface area contributed by atoms with Gasteiger partial charge in [-0.25, -0.2) is 0 Å². The van der Waals surface area contributed by atoms with Gasteiger partial charge >= 0.3 is 0 Å². The van der Waals surface area contributed by atoms with E-state index in [0.717, 1.165) is 41.8 Å². The third-order valence-corrected chi connectivity index (χ3v) is 10.3. The zero-order chi connectivity index (χ0) is 35.1. The monoisotopic (exact) mass is 726 g/mol. The first-order chi connectivity index (χ1) is 23.3. The van der Waals surface area contributed by atoms with Crippen LogP contribution in [0.3, 0.4) is 0 Å². The van der Waals surface area contributed by atoms with Gasteiger partial charge in [0.05, 0.1) is 16.0 Å². The summed E-state index contributed by atoms with van der Waals surface area (Å²) in [6.07, 6.45) is 3.09. The van der Waals surface area contributed by atoms with Gasteiger partial charge in [-0.1, -0.05) is 58.0 Å². The third kappa shape index (κ3) is 7.23. The molecule has 49 heavy (non-hydrogen) atoms. The normalized spacial score (nSPS) is 18.7. The summed E-state index contributed by atoms with van der Waals surface area (Å²) in [7, 11) is 0. The highest BCUT2D eigenvalue weighted by Crippen LogP contribution is 2.55. The van der Waals surface area contributed by atoms with Crippen LogP contribution in [0.25, 0.3) is 0 Å². The van der Waals surface area contributed by atoms with Crippen LogP contribution in [0.4, 0.5) is 5.69 Å². The number of carbonyl (C=O) groups excluding carboxylic acids is 2. The maximum absolute atomic E-state index is 14.3. The minimum absolute atomic E-state index is 0.0130. The second kappa shape index (κ2) is 13.6. The van der Waals surface area contributed by atoms with E-state index in [2.05, 4.69) is 60.7 Å². The molecule has 0 atom stereocenters. The smallest absolute Gasteiger partial charge is 0.269 e. The lowest BCUT2D eigenvalue weighted by Gasteiger charge is -2.49. The Morgan fingerprint density at radius 3 is 1.98 bits per heavy atom. The first-order valence-corrected chi connectivity index (χ1v) is 17.7. The van der Waals surface area contributed by atoms with Gasteiger partial charge in [0.15, 0.2) is 23.1 Å². The number of allylic oxidation sites excluding steroid dienone is 4. The van der Waals surface area contributed by atoms with E-state index < -0.39 is 10.8 Å². The van der Waals surface area contributed by atoms with Gasteiger partial charge in [-0.15, -0.1) is 0 Å². The fourth-order valence-electron chi connectivity index (χ4n) is 7.56. The zero-order valence-corrected chi connectivity index (χ0v) is 30.4. The van der Waals surface area contributed by atoms with Gasteiger partial charge in [0.2, 0.25) is 0 Å². The lowest BCUT2D eigenvalue weighted by molar-refractivity contribution is -0.384. The van der Waals surface area contributed by atoms with Crippen molar-refractivity contribution in [1.82, 2.24) is 4.90 Å². The minimum Gasteiger partial charge on any atom is -0.490 e. The third-order valence-electron chi connectivity index (χ3n) is 9.68. The van der Waals surface area contributed by atoms with Crippen LogP contribution in [0.2, 0.25) is 0 Å². The molecule has 0 saturated carbocycles. The van der Waals surface area contributed by atoms with E-state index >= 15 is 0 Å². The van der Waals surface area contributed by atoms with Crippen LogP contribution in [0.15, 0.2) is 93.7 Å². The zero-order valence-electron chi connectivity index (χ0n) is 28.8. The van der Waals surface area contributed by atoms with Crippen LogP contribution in [0.1, 0.15) is 82.9 Å². The molecule has 9 heteroatoms. The fraction of sp³-hybridized carbons (Fsp3) is 0.400. The molecule has 0 N–H and O–H groups in total. The van der Waals surface area contributed by atoms with Crippen molar-refractivity contribution in [2.75, 3.05) is 13.2 Å². The molecular formula is C40H43BrN2O6. The summed E-state index contributed by atoms with van der Waals surface area (Å²) in [5, 5.41) is 11.1. The van der Waals surface area contributed by atoms with Crippen molar-refractivity contribution in [1.29, 1.82) is 0 Å². The molecule has 256 valence electrons. The molecule has 3 aromatic carbocycles. The molecule has 1 aliphatic heterocycles. The molecule has 0 radical (unpaired) electrons. The van der Waals surface area contributed by atoms with E-state index in [1.54, 1.807) is 12.1 Å². The lowest BCUT2D eigenvalue weighted by atomic mass is 9.63. The number of nitro groups is 1. The Morgan fingerprint density at radius 2 is 1.43 bits per heavy atom. The van der Waals surface area contributed by atoms with Crippen LogP contribution >= 0.6 is 15.9 Å². The van der Waals surface area contributed by atoms with Crippen LogP contribution in [0, 0.1) is 20.9 Å². The van der Waals surface area contributed by atoms with E-state index in [-0.39, 0.29) is 34.7 Å². The van der Waals surface area contributed by atoms with Crippen molar-refractivity contribution in [3.8, 4) is 11.5 Å². The standard InChI is InChI=1S/C40H43BrN2O6/c1-6-48-34-19-27(18-29(41)38(34)49-24-26-12-14-28(15-13-26)43(46)47)35-36-30(20-39(2,3)22-32(36)44)42(17-16-25-10-8-7-9-11-25)31-21-40(4,5)23-33(45)37(31)35/h7-15,18-19,35H,6,16-17,20-24H2,1-5H3. The summed E-state index contributed by atoms with van der Waals surface area (Å²) in [6, 6.07) is 20.5. The van der Waals surface area contributed by atoms with Gasteiger partial charge < -0.3 is 14.4 Å². The second-order valence-electron chi connectivity index (χ2n) is 14.9.